The molecule has 0 amide bonds. The molecule has 24 heavy (non-hydrogen) atoms. The van der Waals surface area contributed by atoms with E-state index >= 15 is 0 Å². The van der Waals surface area contributed by atoms with E-state index in [0.717, 1.165) is 35.2 Å². The van der Waals surface area contributed by atoms with Crippen molar-refractivity contribution in [3.8, 4) is 5.75 Å². The monoisotopic (exact) mass is 334 g/mol. The van der Waals surface area contributed by atoms with Crippen molar-refractivity contribution in [1.82, 2.24) is 0 Å². The minimum absolute atomic E-state index is 0.0268. The third-order valence-corrected chi connectivity index (χ3v) is 4.38. The molecule has 2 N–H and O–H groups in total. The molecular weight excluding hydrogens is 308 g/mol. The lowest BCUT2D eigenvalue weighted by molar-refractivity contribution is 0.154. The van der Waals surface area contributed by atoms with Gasteiger partial charge in [-0.15, -0.1) is 0 Å². The zero-order chi connectivity index (χ0) is 17.7. The Bertz CT molecular complexity index is 627. The minimum Gasteiger partial charge on any atom is -0.508 e. The summed E-state index contributed by atoms with van der Waals surface area (Å²) >= 11 is 0. The van der Waals surface area contributed by atoms with Gasteiger partial charge >= 0.3 is 0 Å². The first-order valence-corrected chi connectivity index (χ1v) is 8.37. The summed E-state index contributed by atoms with van der Waals surface area (Å²) in [4.78, 5) is 8.72. The number of aliphatic hydroxyl groups excluding tert-OH is 1. The first-order chi connectivity index (χ1) is 11.5. The van der Waals surface area contributed by atoms with Crippen molar-refractivity contribution < 1.29 is 15.1 Å². The van der Waals surface area contributed by atoms with E-state index in [1.54, 1.807) is 6.07 Å². The van der Waals surface area contributed by atoms with Gasteiger partial charge in [-0.1, -0.05) is 19.0 Å². The van der Waals surface area contributed by atoms with Gasteiger partial charge in [0.25, 0.3) is 0 Å². The third kappa shape index (κ3) is 3.93. The van der Waals surface area contributed by atoms with E-state index in [4.69, 9.17) is 10.4 Å². The smallest absolute Gasteiger partial charge is 0.119 e. The first-order valence-electron chi connectivity index (χ1n) is 8.37. The maximum Gasteiger partial charge on any atom is 0.119 e. The van der Waals surface area contributed by atoms with Gasteiger partial charge in [-0.25, -0.2) is 0 Å². The van der Waals surface area contributed by atoms with E-state index < -0.39 is 0 Å². The highest BCUT2D eigenvalue weighted by atomic mass is 16.7. The van der Waals surface area contributed by atoms with Crippen molar-refractivity contribution >= 4 is 5.69 Å². The van der Waals surface area contributed by atoms with Crippen molar-refractivity contribution in [2.75, 3.05) is 18.3 Å². The number of anilines is 1. The topological polar surface area (TPSA) is 102 Å². The largest absolute Gasteiger partial charge is 0.508 e. The quantitative estimate of drug-likeness (QED) is 0.452. The minimum atomic E-state index is -0.0268. The van der Waals surface area contributed by atoms with E-state index in [1.807, 2.05) is 12.0 Å². The van der Waals surface area contributed by atoms with Crippen LogP contribution in [-0.4, -0.2) is 29.5 Å². The molecule has 0 spiro atoms. The standard InChI is InChI=1S/C17H26N4O3/c1-11(2)8-14-5-7-24-21(14)17-13(10-19-20-18)9-16(23)12(3)15(17)4-6-22/h9,11,14,22-23H,4-8,10H2,1-3H3. The molecule has 7 heteroatoms. The lowest BCUT2D eigenvalue weighted by atomic mass is 9.95. The van der Waals surface area contributed by atoms with Gasteiger partial charge in [-0.3, -0.25) is 9.90 Å². The zero-order valence-electron chi connectivity index (χ0n) is 14.6. The van der Waals surface area contributed by atoms with E-state index in [1.165, 1.54) is 0 Å². The highest BCUT2D eigenvalue weighted by molar-refractivity contribution is 5.65. The number of benzene rings is 1. The van der Waals surface area contributed by atoms with Crippen LogP contribution < -0.4 is 5.06 Å². The number of phenols is 1. The Hall–Kier alpha value is -1.95. The summed E-state index contributed by atoms with van der Waals surface area (Å²) in [6.07, 6.45) is 2.32. The zero-order valence-corrected chi connectivity index (χ0v) is 14.6. The molecule has 1 atom stereocenters. The number of hydrogen-bond donors (Lipinski definition) is 2. The molecule has 7 nitrogen and oxygen atoms in total. The molecule has 1 heterocycles. The molecular formula is C17H26N4O3. The van der Waals surface area contributed by atoms with Crippen molar-refractivity contribution in [1.29, 1.82) is 0 Å². The fraction of sp³-hybridized carbons (Fsp3) is 0.647. The summed E-state index contributed by atoms with van der Waals surface area (Å²) in [7, 11) is 0. The molecule has 1 aliphatic heterocycles. The molecule has 0 saturated carbocycles. The molecule has 2 rings (SSSR count). The second-order valence-corrected chi connectivity index (χ2v) is 6.60. The fourth-order valence-electron chi connectivity index (χ4n) is 3.30. The van der Waals surface area contributed by atoms with Gasteiger partial charge in [-0.2, -0.15) is 0 Å². The molecule has 132 valence electrons. The number of rotatable bonds is 7. The van der Waals surface area contributed by atoms with Crippen LogP contribution in [0.15, 0.2) is 11.2 Å². The van der Waals surface area contributed by atoms with Crippen molar-refractivity contribution in [2.24, 2.45) is 11.0 Å². The van der Waals surface area contributed by atoms with Gasteiger partial charge in [0, 0.05) is 11.5 Å². The first kappa shape index (κ1) is 18.4. The Morgan fingerprint density at radius 1 is 1.50 bits per heavy atom. The number of phenolic OH excluding ortho intramolecular Hbond substituents is 1. The molecule has 0 bridgehead atoms. The SMILES string of the molecule is Cc1c(O)cc(CN=[N+]=[N-])c(N2OCCC2CC(C)C)c1CCO. The van der Waals surface area contributed by atoms with Gasteiger partial charge in [0.1, 0.15) is 5.75 Å². The van der Waals surface area contributed by atoms with E-state index in [9.17, 15) is 10.2 Å². The Morgan fingerprint density at radius 2 is 2.25 bits per heavy atom. The van der Waals surface area contributed by atoms with Gasteiger partial charge in [0.15, 0.2) is 0 Å². The summed E-state index contributed by atoms with van der Waals surface area (Å²) in [5.41, 5.74) is 11.8. The van der Waals surface area contributed by atoms with Crippen LogP contribution in [0.5, 0.6) is 5.75 Å². The maximum absolute atomic E-state index is 10.2. The molecule has 0 radical (unpaired) electrons. The third-order valence-electron chi connectivity index (χ3n) is 4.38. The summed E-state index contributed by atoms with van der Waals surface area (Å²) in [5, 5.41) is 25.2. The van der Waals surface area contributed by atoms with Crippen LogP contribution in [0.4, 0.5) is 5.69 Å². The highest BCUT2D eigenvalue weighted by Crippen LogP contribution is 2.39. The molecule has 1 saturated heterocycles. The average molecular weight is 334 g/mol. The number of hydrogen-bond acceptors (Lipinski definition) is 5. The van der Waals surface area contributed by atoms with Crippen LogP contribution >= 0.6 is 0 Å². The van der Waals surface area contributed by atoms with Crippen LogP contribution in [0.3, 0.4) is 0 Å². The molecule has 1 fully saturated rings. The number of aliphatic hydroxyl groups is 1. The molecule has 1 aliphatic rings. The Kier molecular flexibility index (Phi) is 6.31. The van der Waals surface area contributed by atoms with Crippen LogP contribution in [0, 0.1) is 12.8 Å². The second kappa shape index (κ2) is 8.24. The highest BCUT2D eigenvalue weighted by Gasteiger charge is 2.31. The summed E-state index contributed by atoms with van der Waals surface area (Å²) < 4.78 is 0. The summed E-state index contributed by atoms with van der Waals surface area (Å²) in [5.74, 6) is 0.671. The Morgan fingerprint density at radius 3 is 2.88 bits per heavy atom. The van der Waals surface area contributed by atoms with E-state index in [-0.39, 0.29) is 24.9 Å². The van der Waals surface area contributed by atoms with E-state index in [2.05, 4.69) is 23.9 Å². The number of azide groups is 1. The van der Waals surface area contributed by atoms with Crippen molar-refractivity contribution in [3.63, 3.8) is 0 Å². The van der Waals surface area contributed by atoms with Gasteiger partial charge in [0.05, 0.1) is 24.9 Å². The molecule has 0 aromatic heterocycles. The Balaban J connectivity index is 2.54. The number of nitrogens with zero attached hydrogens (tertiary/aromatic N) is 4. The van der Waals surface area contributed by atoms with Gasteiger partial charge in [0.2, 0.25) is 0 Å². The van der Waals surface area contributed by atoms with Crippen LogP contribution in [0.1, 0.15) is 43.4 Å². The van der Waals surface area contributed by atoms with Gasteiger partial charge < -0.3 is 10.2 Å². The van der Waals surface area contributed by atoms with Crippen LogP contribution in [0.25, 0.3) is 10.4 Å². The number of hydroxylamine groups is 1. The molecule has 0 aliphatic carbocycles. The van der Waals surface area contributed by atoms with E-state index in [0.29, 0.717) is 18.9 Å². The predicted octanol–water partition coefficient (Wildman–Crippen LogP) is 3.60. The van der Waals surface area contributed by atoms with Gasteiger partial charge in [-0.05, 0) is 60.4 Å². The Labute approximate surface area is 142 Å². The average Bonchev–Trinajstić information content (AvgIpc) is 2.97. The normalized spacial score (nSPS) is 17.4. The second-order valence-electron chi connectivity index (χ2n) is 6.60. The lowest BCUT2D eigenvalue weighted by Crippen LogP contribution is -2.31. The predicted molar refractivity (Wildman–Crippen MR) is 92.8 cm³/mol. The van der Waals surface area contributed by atoms with Crippen LogP contribution in [0.2, 0.25) is 0 Å². The summed E-state index contributed by atoms with van der Waals surface area (Å²) in [6.45, 7) is 6.92. The molecule has 1 aromatic rings. The van der Waals surface area contributed by atoms with Crippen LogP contribution in [-0.2, 0) is 17.8 Å². The molecule has 1 unspecified atom stereocenters. The summed E-state index contributed by atoms with van der Waals surface area (Å²) in [6, 6.07) is 1.87. The fourth-order valence-corrected chi connectivity index (χ4v) is 3.30. The number of aromatic hydroxyl groups is 1. The maximum atomic E-state index is 10.2. The molecule has 1 aromatic carbocycles. The van der Waals surface area contributed by atoms with Crippen molar-refractivity contribution in [3.05, 3.63) is 33.2 Å². The lowest BCUT2D eigenvalue weighted by Gasteiger charge is -2.31. The van der Waals surface area contributed by atoms with Crippen molar-refractivity contribution in [2.45, 2.75) is 52.6 Å².